The lowest BCUT2D eigenvalue weighted by molar-refractivity contribution is -0.124. The van der Waals surface area contributed by atoms with Gasteiger partial charge in [0.25, 0.3) is 5.91 Å². The third-order valence-corrected chi connectivity index (χ3v) is 4.94. The summed E-state index contributed by atoms with van der Waals surface area (Å²) in [6, 6.07) is 6.13. The van der Waals surface area contributed by atoms with Gasteiger partial charge in [-0.15, -0.1) is 0 Å². The summed E-state index contributed by atoms with van der Waals surface area (Å²) < 4.78 is 6.56. The summed E-state index contributed by atoms with van der Waals surface area (Å²) in [6.07, 6.45) is 2.80. The van der Waals surface area contributed by atoms with Crippen molar-refractivity contribution in [2.75, 3.05) is 6.61 Å². The first-order valence-corrected chi connectivity index (χ1v) is 9.39. The first-order chi connectivity index (χ1) is 11.1. The molecule has 0 unspecified atom stereocenters. The van der Waals surface area contributed by atoms with Crippen LogP contribution in [0.5, 0.6) is 5.75 Å². The van der Waals surface area contributed by atoms with E-state index in [2.05, 4.69) is 61.2 Å². The minimum atomic E-state index is -0.0695. The predicted molar refractivity (Wildman–Crippen MR) is 101 cm³/mol. The highest BCUT2D eigenvalue weighted by Crippen LogP contribution is 2.29. The number of carbonyl (C=O) groups excluding carboxylic acids is 1. The Balaban J connectivity index is 1.89. The zero-order valence-electron chi connectivity index (χ0n) is 15.3. The first-order valence-electron chi connectivity index (χ1n) is 8.60. The lowest BCUT2D eigenvalue weighted by atomic mass is 9.79. The van der Waals surface area contributed by atoms with E-state index in [4.69, 9.17) is 4.74 Å². The summed E-state index contributed by atoms with van der Waals surface area (Å²) in [5.41, 5.74) is 1.26. The van der Waals surface area contributed by atoms with Crippen LogP contribution >= 0.6 is 15.9 Å². The number of hydrogen-bond acceptors (Lipinski definition) is 3. The number of ether oxygens (including phenoxy) is 1. The molecule has 5 heteroatoms. The molecule has 24 heavy (non-hydrogen) atoms. The summed E-state index contributed by atoms with van der Waals surface area (Å²) in [4.78, 5) is 12.3. The maximum Gasteiger partial charge on any atom is 0.258 e. The van der Waals surface area contributed by atoms with Crippen LogP contribution in [0.2, 0.25) is 0 Å². The number of aryl methyl sites for hydroxylation is 1. The molecule has 1 fully saturated rings. The fourth-order valence-electron chi connectivity index (χ4n) is 3.72. The molecule has 2 rings (SSSR count). The fraction of sp³-hybridized carbons (Fsp3) is 0.632. The lowest BCUT2D eigenvalue weighted by Gasteiger charge is -2.46. The number of hydrogen-bond donors (Lipinski definition) is 2. The van der Waals surface area contributed by atoms with Gasteiger partial charge in [0, 0.05) is 17.1 Å². The van der Waals surface area contributed by atoms with Crippen LogP contribution in [0, 0.1) is 0 Å². The summed E-state index contributed by atoms with van der Waals surface area (Å²) in [6.45, 7) is 10.9. The van der Waals surface area contributed by atoms with Crippen LogP contribution in [0.1, 0.15) is 53.0 Å². The zero-order chi connectivity index (χ0) is 18.0. The predicted octanol–water partition coefficient (Wildman–Crippen LogP) is 3.82. The van der Waals surface area contributed by atoms with Gasteiger partial charge in [-0.05, 0) is 80.6 Å². The van der Waals surface area contributed by atoms with E-state index in [1.54, 1.807) is 0 Å². The van der Waals surface area contributed by atoms with Gasteiger partial charge in [0.15, 0.2) is 6.61 Å². The molecular formula is C19H29BrN2O2. The van der Waals surface area contributed by atoms with Crippen molar-refractivity contribution in [3.8, 4) is 5.75 Å². The van der Waals surface area contributed by atoms with Crippen LogP contribution in [0.15, 0.2) is 22.7 Å². The Morgan fingerprint density at radius 3 is 2.46 bits per heavy atom. The van der Waals surface area contributed by atoms with E-state index >= 15 is 0 Å². The molecule has 1 saturated heterocycles. The van der Waals surface area contributed by atoms with Gasteiger partial charge in [-0.1, -0.05) is 13.0 Å². The highest BCUT2D eigenvalue weighted by molar-refractivity contribution is 9.10. The monoisotopic (exact) mass is 396 g/mol. The van der Waals surface area contributed by atoms with Crippen molar-refractivity contribution in [3.63, 3.8) is 0 Å². The van der Waals surface area contributed by atoms with Gasteiger partial charge < -0.3 is 15.4 Å². The molecule has 2 N–H and O–H groups in total. The fourth-order valence-corrected chi connectivity index (χ4v) is 4.26. The van der Waals surface area contributed by atoms with Crippen LogP contribution in [0.25, 0.3) is 0 Å². The van der Waals surface area contributed by atoms with E-state index in [1.165, 1.54) is 5.56 Å². The molecular weight excluding hydrogens is 368 g/mol. The molecule has 0 atom stereocenters. The highest BCUT2D eigenvalue weighted by Gasteiger charge is 2.38. The Morgan fingerprint density at radius 2 is 1.92 bits per heavy atom. The van der Waals surface area contributed by atoms with Crippen molar-refractivity contribution < 1.29 is 9.53 Å². The number of carbonyl (C=O) groups is 1. The van der Waals surface area contributed by atoms with Gasteiger partial charge in [0.1, 0.15) is 5.75 Å². The molecule has 0 aliphatic carbocycles. The molecule has 0 saturated carbocycles. The van der Waals surface area contributed by atoms with E-state index in [1.807, 2.05) is 18.2 Å². The number of amides is 1. The van der Waals surface area contributed by atoms with Crippen LogP contribution < -0.4 is 15.4 Å². The molecule has 0 aromatic heterocycles. The Hall–Kier alpha value is -1.07. The highest BCUT2D eigenvalue weighted by atomic mass is 79.9. The summed E-state index contributed by atoms with van der Waals surface area (Å²) >= 11 is 3.50. The SMILES string of the molecule is CCc1ccc(OCC(=O)NC2CC(C)(C)NC(C)(C)C2)c(Br)c1. The van der Waals surface area contributed by atoms with Gasteiger partial charge in [-0.2, -0.15) is 0 Å². The molecule has 0 spiro atoms. The third-order valence-electron chi connectivity index (χ3n) is 4.32. The maximum absolute atomic E-state index is 12.3. The summed E-state index contributed by atoms with van der Waals surface area (Å²) in [5.74, 6) is 0.633. The van der Waals surface area contributed by atoms with Crippen molar-refractivity contribution in [3.05, 3.63) is 28.2 Å². The number of piperidine rings is 1. The Labute approximate surface area is 153 Å². The molecule has 1 aromatic carbocycles. The van der Waals surface area contributed by atoms with Crippen LogP contribution in [0.3, 0.4) is 0 Å². The molecule has 1 heterocycles. The van der Waals surface area contributed by atoms with E-state index in [-0.39, 0.29) is 29.6 Å². The number of rotatable bonds is 5. The van der Waals surface area contributed by atoms with Crippen molar-refractivity contribution in [1.29, 1.82) is 0 Å². The van der Waals surface area contributed by atoms with Crippen molar-refractivity contribution in [2.45, 2.75) is 71.0 Å². The van der Waals surface area contributed by atoms with Crippen molar-refractivity contribution in [2.24, 2.45) is 0 Å². The number of nitrogens with one attached hydrogen (secondary N) is 2. The van der Waals surface area contributed by atoms with E-state index < -0.39 is 0 Å². The summed E-state index contributed by atoms with van der Waals surface area (Å²) in [7, 11) is 0. The minimum Gasteiger partial charge on any atom is -0.483 e. The van der Waals surface area contributed by atoms with Crippen LogP contribution in [-0.4, -0.2) is 29.6 Å². The van der Waals surface area contributed by atoms with Crippen LogP contribution in [-0.2, 0) is 11.2 Å². The second-order valence-corrected chi connectivity index (χ2v) is 8.83. The second-order valence-electron chi connectivity index (χ2n) is 7.97. The minimum absolute atomic E-state index is 0.0135. The maximum atomic E-state index is 12.3. The van der Waals surface area contributed by atoms with E-state index in [0.717, 1.165) is 23.7 Å². The number of benzene rings is 1. The molecule has 4 nitrogen and oxygen atoms in total. The van der Waals surface area contributed by atoms with Gasteiger partial charge in [-0.3, -0.25) is 4.79 Å². The quantitative estimate of drug-likeness (QED) is 0.795. The molecule has 1 amide bonds. The molecule has 1 aromatic rings. The molecule has 0 radical (unpaired) electrons. The second kappa shape index (κ2) is 7.44. The molecule has 1 aliphatic rings. The Kier molecular flexibility index (Phi) is 5.97. The lowest BCUT2D eigenvalue weighted by Crippen LogP contribution is -2.62. The Morgan fingerprint density at radius 1 is 1.29 bits per heavy atom. The average molecular weight is 397 g/mol. The average Bonchev–Trinajstić information content (AvgIpc) is 2.42. The molecule has 134 valence electrons. The molecule has 1 aliphatic heterocycles. The van der Waals surface area contributed by atoms with Gasteiger partial charge in [0.05, 0.1) is 4.47 Å². The normalized spacial score (nSPS) is 19.8. The number of halogens is 1. The largest absolute Gasteiger partial charge is 0.483 e. The van der Waals surface area contributed by atoms with Gasteiger partial charge >= 0.3 is 0 Å². The zero-order valence-corrected chi connectivity index (χ0v) is 16.9. The first kappa shape index (κ1) is 19.3. The van der Waals surface area contributed by atoms with Crippen molar-refractivity contribution in [1.82, 2.24) is 10.6 Å². The molecule has 0 bridgehead atoms. The summed E-state index contributed by atoms with van der Waals surface area (Å²) in [5, 5.41) is 6.75. The topological polar surface area (TPSA) is 50.4 Å². The van der Waals surface area contributed by atoms with Gasteiger partial charge in [0.2, 0.25) is 0 Å². The Bertz CT molecular complexity index is 583. The standard InChI is InChI=1S/C19H29BrN2O2/c1-6-13-7-8-16(15(20)9-13)24-12-17(23)21-14-10-18(2,3)22-19(4,5)11-14/h7-9,14,22H,6,10-12H2,1-5H3,(H,21,23). The smallest absolute Gasteiger partial charge is 0.258 e. The van der Waals surface area contributed by atoms with Crippen LogP contribution in [0.4, 0.5) is 0 Å². The van der Waals surface area contributed by atoms with E-state index in [0.29, 0.717) is 5.75 Å². The van der Waals surface area contributed by atoms with Crippen molar-refractivity contribution >= 4 is 21.8 Å². The van der Waals surface area contributed by atoms with E-state index in [9.17, 15) is 4.79 Å². The third kappa shape index (κ3) is 5.49. The van der Waals surface area contributed by atoms with Gasteiger partial charge in [-0.25, -0.2) is 0 Å².